The zero-order valence-electron chi connectivity index (χ0n) is 13.3. The smallest absolute Gasteiger partial charge is 0.256 e. The van der Waals surface area contributed by atoms with Crippen molar-refractivity contribution in [2.45, 2.75) is 19.3 Å². The van der Waals surface area contributed by atoms with Gasteiger partial charge in [0.25, 0.3) is 5.78 Å². The molecule has 0 saturated carbocycles. The molecule has 118 valence electrons. The van der Waals surface area contributed by atoms with E-state index < -0.39 is 0 Å². The van der Waals surface area contributed by atoms with Gasteiger partial charge in [0.1, 0.15) is 0 Å². The highest BCUT2D eigenvalue weighted by Crippen LogP contribution is 2.32. The van der Waals surface area contributed by atoms with Crippen LogP contribution in [-0.2, 0) is 6.42 Å². The first kappa shape index (κ1) is 13.5. The Morgan fingerprint density at radius 1 is 0.875 bits per heavy atom. The van der Waals surface area contributed by atoms with E-state index in [9.17, 15) is 0 Å². The summed E-state index contributed by atoms with van der Waals surface area (Å²) in [5.41, 5.74) is 3.70. The third-order valence-corrected chi connectivity index (χ3v) is 4.73. The van der Waals surface area contributed by atoms with Crippen LogP contribution in [0.15, 0.2) is 54.7 Å². The first-order valence-corrected chi connectivity index (χ1v) is 8.36. The van der Waals surface area contributed by atoms with E-state index in [0.717, 1.165) is 36.2 Å². The fourth-order valence-electron chi connectivity index (χ4n) is 3.57. The lowest BCUT2D eigenvalue weighted by Gasteiger charge is -2.22. The molecule has 0 unspecified atom stereocenters. The van der Waals surface area contributed by atoms with Crippen molar-refractivity contribution < 1.29 is 0 Å². The molecule has 0 radical (unpaired) electrons. The number of benzene rings is 2. The number of aryl methyl sites for hydroxylation is 1. The standard InChI is InChI=1S/C19H17N5/c1-3-10-16-14(7-1)8-5-6-12-23(16)19-22-21-18-20-13-15-9-2-4-11-17(15)24(18)19/h1-4,7,9-11,13H,5-6,8,12H2. The van der Waals surface area contributed by atoms with E-state index in [2.05, 4.69) is 60.9 Å². The Morgan fingerprint density at radius 3 is 2.75 bits per heavy atom. The first-order chi connectivity index (χ1) is 11.9. The topological polar surface area (TPSA) is 46.3 Å². The summed E-state index contributed by atoms with van der Waals surface area (Å²) in [6.45, 7) is 0.945. The van der Waals surface area contributed by atoms with E-state index in [1.54, 1.807) is 0 Å². The lowest BCUT2D eigenvalue weighted by atomic mass is 10.1. The summed E-state index contributed by atoms with van der Waals surface area (Å²) in [4.78, 5) is 6.76. The van der Waals surface area contributed by atoms with E-state index in [-0.39, 0.29) is 0 Å². The molecule has 0 bridgehead atoms. The number of fused-ring (bicyclic) bond motifs is 4. The monoisotopic (exact) mass is 315 g/mol. The summed E-state index contributed by atoms with van der Waals surface area (Å²) in [5.74, 6) is 1.49. The quantitative estimate of drug-likeness (QED) is 0.537. The maximum atomic E-state index is 4.49. The Labute approximate surface area is 139 Å². The van der Waals surface area contributed by atoms with Gasteiger partial charge in [0.2, 0.25) is 5.95 Å². The Hall–Kier alpha value is -2.95. The fourth-order valence-corrected chi connectivity index (χ4v) is 3.57. The molecule has 0 amide bonds. The summed E-state index contributed by atoms with van der Waals surface area (Å²) in [6.07, 6.45) is 5.31. The molecule has 0 atom stereocenters. The summed E-state index contributed by atoms with van der Waals surface area (Å²) in [6, 6.07) is 16.8. The van der Waals surface area contributed by atoms with E-state index in [1.807, 2.05) is 18.3 Å². The SMILES string of the molecule is c1ccc2c(c1)CCCCN2c1nnc2ncc3ccccc3n12. The molecule has 0 fully saturated rings. The van der Waals surface area contributed by atoms with Crippen molar-refractivity contribution in [2.24, 2.45) is 0 Å². The second kappa shape index (κ2) is 5.30. The van der Waals surface area contributed by atoms with Crippen molar-refractivity contribution in [3.8, 4) is 0 Å². The molecule has 2 aromatic carbocycles. The molecule has 0 saturated heterocycles. The number of anilines is 2. The molecular formula is C19H17N5. The van der Waals surface area contributed by atoms with Crippen molar-refractivity contribution in [2.75, 3.05) is 11.4 Å². The number of hydrogen-bond acceptors (Lipinski definition) is 4. The highest BCUT2D eigenvalue weighted by Gasteiger charge is 2.22. The second-order valence-electron chi connectivity index (χ2n) is 6.19. The summed E-state index contributed by atoms with van der Waals surface area (Å²) in [5, 5.41) is 9.89. The lowest BCUT2D eigenvalue weighted by Crippen LogP contribution is -2.20. The Bertz CT molecular complexity index is 1040. The molecule has 1 aliphatic rings. The Morgan fingerprint density at radius 2 is 1.75 bits per heavy atom. The average Bonchev–Trinajstić information content (AvgIpc) is 2.95. The normalized spacial score (nSPS) is 14.8. The van der Waals surface area contributed by atoms with Gasteiger partial charge in [-0.1, -0.05) is 36.4 Å². The zero-order valence-corrected chi connectivity index (χ0v) is 13.3. The number of rotatable bonds is 1. The highest BCUT2D eigenvalue weighted by atomic mass is 15.4. The maximum Gasteiger partial charge on any atom is 0.256 e. The lowest BCUT2D eigenvalue weighted by molar-refractivity contribution is 0.752. The van der Waals surface area contributed by atoms with Crippen LogP contribution in [0.5, 0.6) is 0 Å². The van der Waals surface area contributed by atoms with Gasteiger partial charge in [-0.15, -0.1) is 10.2 Å². The predicted molar refractivity (Wildman–Crippen MR) is 94.7 cm³/mol. The van der Waals surface area contributed by atoms with E-state index in [4.69, 9.17) is 0 Å². The molecule has 24 heavy (non-hydrogen) atoms. The van der Waals surface area contributed by atoms with Crippen LogP contribution >= 0.6 is 0 Å². The van der Waals surface area contributed by atoms with E-state index in [1.165, 1.54) is 17.7 Å². The molecule has 3 heterocycles. The summed E-state index contributed by atoms with van der Waals surface area (Å²) < 4.78 is 2.07. The van der Waals surface area contributed by atoms with Gasteiger partial charge in [-0.3, -0.25) is 0 Å². The molecule has 0 N–H and O–H groups in total. The van der Waals surface area contributed by atoms with E-state index >= 15 is 0 Å². The molecular weight excluding hydrogens is 298 g/mol. The van der Waals surface area contributed by atoms with Crippen LogP contribution in [0.25, 0.3) is 16.7 Å². The molecule has 0 aliphatic carbocycles. The third kappa shape index (κ3) is 1.98. The summed E-state index contributed by atoms with van der Waals surface area (Å²) >= 11 is 0. The number of aromatic nitrogens is 4. The van der Waals surface area contributed by atoms with Gasteiger partial charge >= 0.3 is 0 Å². The minimum Gasteiger partial charge on any atom is -0.310 e. The maximum absolute atomic E-state index is 4.49. The van der Waals surface area contributed by atoms with Gasteiger partial charge in [-0.25, -0.2) is 9.38 Å². The van der Waals surface area contributed by atoms with Gasteiger partial charge in [-0.2, -0.15) is 0 Å². The van der Waals surface area contributed by atoms with Crippen LogP contribution in [0.3, 0.4) is 0 Å². The van der Waals surface area contributed by atoms with Gasteiger partial charge in [0, 0.05) is 23.8 Å². The van der Waals surface area contributed by atoms with Crippen molar-refractivity contribution in [3.63, 3.8) is 0 Å². The van der Waals surface area contributed by atoms with Crippen molar-refractivity contribution in [3.05, 3.63) is 60.3 Å². The van der Waals surface area contributed by atoms with Gasteiger partial charge < -0.3 is 4.90 Å². The van der Waals surface area contributed by atoms with Crippen molar-refractivity contribution in [1.82, 2.24) is 19.6 Å². The molecule has 5 rings (SSSR count). The van der Waals surface area contributed by atoms with Crippen LogP contribution in [0.1, 0.15) is 18.4 Å². The minimum absolute atomic E-state index is 0.644. The number of nitrogens with zero attached hydrogens (tertiary/aromatic N) is 5. The molecule has 0 spiro atoms. The highest BCUT2D eigenvalue weighted by molar-refractivity contribution is 5.82. The fraction of sp³-hybridized carbons (Fsp3) is 0.211. The molecule has 1 aliphatic heterocycles. The molecule has 5 nitrogen and oxygen atoms in total. The summed E-state index contributed by atoms with van der Waals surface area (Å²) in [7, 11) is 0. The van der Waals surface area contributed by atoms with Crippen LogP contribution in [0.2, 0.25) is 0 Å². The Balaban J connectivity index is 1.79. The number of para-hydroxylation sites is 2. The van der Waals surface area contributed by atoms with Crippen LogP contribution in [0, 0.1) is 0 Å². The predicted octanol–water partition coefficient (Wildman–Crippen LogP) is 3.75. The molecule has 5 heteroatoms. The molecule has 2 aromatic heterocycles. The second-order valence-corrected chi connectivity index (χ2v) is 6.19. The number of hydrogen-bond donors (Lipinski definition) is 0. The molecule has 4 aromatic rings. The van der Waals surface area contributed by atoms with E-state index in [0.29, 0.717) is 5.78 Å². The van der Waals surface area contributed by atoms with Crippen LogP contribution < -0.4 is 4.90 Å². The zero-order chi connectivity index (χ0) is 15.9. The van der Waals surface area contributed by atoms with Gasteiger partial charge in [0.05, 0.1) is 5.52 Å². The Kier molecular flexibility index (Phi) is 2.98. The minimum atomic E-state index is 0.644. The van der Waals surface area contributed by atoms with Gasteiger partial charge in [0.15, 0.2) is 0 Å². The van der Waals surface area contributed by atoms with Gasteiger partial charge in [-0.05, 0) is 37.0 Å². The first-order valence-electron chi connectivity index (χ1n) is 8.36. The average molecular weight is 315 g/mol. The van der Waals surface area contributed by atoms with Crippen molar-refractivity contribution in [1.29, 1.82) is 0 Å². The largest absolute Gasteiger partial charge is 0.310 e. The van der Waals surface area contributed by atoms with Crippen LogP contribution in [0.4, 0.5) is 11.6 Å². The van der Waals surface area contributed by atoms with Crippen molar-refractivity contribution >= 4 is 28.3 Å². The van der Waals surface area contributed by atoms with Crippen LogP contribution in [-0.4, -0.2) is 26.1 Å². The third-order valence-electron chi connectivity index (χ3n) is 4.73.